The zero-order valence-electron chi connectivity index (χ0n) is 24.2. The van der Waals surface area contributed by atoms with Gasteiger partial charge in [-0.15, -0.1) is 0 Å². The molecule has 1 aliphatic rings. The van der Waals surface area contributed by atoms with E-state index < -0.39 is 0 Å². The number of aromatic amines is 1. The molecule has 1 aromatic carbocycles. The molecule has 8 nitrogen and oxygen atoms in total. The van der Waals surface area contributed by atoms with Gasteiger partial charge in [-0.1, -0.05) is 19.9 Å². The number of pyridine rings is 2. The summed E-state index contributed by atoms with van der Waals surface area (Å²) in [7, 11) is 2.14. The summed E-state index contributed by atoms with van der Waals surface area (Å²) in [5, 5.41) is 3.80. The summed E-state index contributed by atoms with van der Waals surface area (Å²) in [5.74, 6) is 0.735. The molecule has 3 aromatic heterocycles. The van der Waals surface area contributed by atoms with Crippen molar-refractivity contribution in [2.75, 3.05) is 38.1 Å². The Kier molecular flexibility index (Phi) is 9.48. The Balaban J connectivity index is 0.00000181. The minimum atomic E-state index is -0.235. The number of carbonyl (C=O) groups excluding carboxylic acids is 1. The van der Waals surface area contributed by atoms with E-state index in [-0.39, 0.29) is 24.1 Å². The van der Waals surface area contributed by atoms with Crippen LogP contribution in [-0.4, -0.2) is 58.6 Å². The molecule has 0 unspecified atom stereocenters. The lowest BCUT2D eigenvalue weighted by Crippen LogP contribution is -2.44. The molecule has 0 radical (unpaired) electrons. The number of likely N-dealkylation sites (N-methyl/N-ethyl adjacent to an activating group) is 1. The predicted octanol–water partition coefficient (Wildman–Crippen LogP) is 5.75. The third kappa shape index (κ3) is 6.31. The van der Waals surface area contributed by atoms with Crippen LogP contribution in [0.4, 0.5) is 5.82 Å². The first-order chi connectivity index (χ1) is 19.2. The van der Waals surface area contributed by atoms with Crippen molar-refractivity contribution in [3.63, 3.8) is 0 Å². The number of nitrogens with zero attached hydrogens (tertiary/aromatic N) is 4. The zero-order valence-corrected chi connectivity index (χ0v) is 25.8. The van der Waals surface area contributed by atoms with E-state index in [1.165, 1.54) is 0 Å². The first-order valence-electron chi connectivity index (χ1n) is 13.9. The average Bonchev–Trinajstić information content (AvgIpc) is 3.30. The highest BCUT2D eigenvalue weighted by Crippen LogP contribution is 2.36. The molecule has 40 heavy (non-hydrogen) atoms. The minimum Gasteiger partial charge on any atom is -0.354 e. The maximum absolute atomic E-state index is 13.5. The van der Waals surface area contributed by atoms with Crippen molar-refractivity contribution in [1.82, 2.24) is 24.8 Å². The lowest BCUT2D eigenvalue weighted by molar-refractivity contribution is 0.0952. The summed E-state index contributed by atoms with van der Waals surface area (Å²) < 4.78 is 3.02. The largest absolute Gasteiger partial charge is 0.354 e. The summed E-state index contributed by atoms with van der Waals surface area (Å²) in [6.45, 7) is 14.2. The number of fused-ring (bicyclic) bond motifs is 1. The van der Waals surface area contributed by atoms with Crippen LogP contribution in [0.5, 0.6) is 0 Å². The molecule has 4 aromatic rings. The van der Waals surface area contributed by atoms with E-state index >= 15 is 0 Å². The van der Waals surface area contributed by atoms with Crippen LogP contribution in [0.2, 0.25) is 0 Å². The monoisotopic (exact) mass is 606 g/mol. The van der Waals surface area contributed by atoms with Gasteiger partial charge in [0.2, 0.25) is 0 Å². The lowest BCUT2D eigenvalue weighted by atomic mass is 10.0. The second-order valence-corrected chi connectivity index (χ2v) is 11.1. The summed E-state index contributed by atoms with van der Waals surface area (Å²) in [6, 6.07) is 12.0. The van der Waals surface area contributed by atoms with Gasteiger partial charge >= 0.3 is 0 Å². The standard InChI is InChI=1S/C29H33BrN6O2.C2H6/c1-18(2)36-17-24(30)27-23(29(38)32-16-21-6-5-19(3)33-28(21)37)13-22(14-25(27)36)20-7-8-26(31-15-20)35-11-9-34(4)10-12-35;1-2/h5-8,13-15,17-18H,9-12,16H2,1-4H3,(H,32,38)(H,33,37);1-2H3. The fourth-order valence-corrected chi connectivity index (χ4v) is 5.54. The number of H-pyrrole nitrogens is 1. The van der Waals surface area contributed by atoms with Crippen LogP contribution in [0.3, 0.4) is 0 Å². The van der Waals surface area contributed by atoms with Crippen LogP contribution < -0.4 is 15.8 Å². The third-order valence-corrected chi connectivity index (χ3v) is 7.77. The molecule has 212 valence electrons. The molecule has 0 spiro atoms. The Bertz CT molecular complexity index is 1530. The van der Waals surface area contributed by atoms with Gasteiger partial charge in [0, 0.05) is 77.8 Å². The van der Waals surface area contributed by atoms with Crippen molar-refractivity contribution in [3.05, 3.63) is 80.4 Å². The number of hydrogen-bond acceptors (Lipinski definition) is 5. The van der Waals surface area contributed by atoms with Crippen molar-refractivity contribution < 1.29 is 4.79 Å². The average molecular weight is 608 g/mol. The number of amides is 1. The normalized spacial score (nSPS) is 13.8. The second kappa shape index (κ2) is 12.8. The number of aromatic nitrogens is 3. The van der Waals surface area contributed by atoms with E-state index in [1.54, 1.807) is 6.07 Å². The van der Waals surface area contributed by atoms with Crippen LogP contribution in [0.25, 0.3) is 22.0 Å². The fraction of sp³-hybridized carbons (Fsp3) is 0.387. The van der Waals surface area contributed by atoms with E-state index in [0.717, 1.165) is 64.2 Å². The van der Waals surface area contributed by atoms with E-state index in [2.05, 4.69) is 79.7 Å². The van der Waals surface area contributed by atoms with Gasteiger partial charge in [0.1, 0.15) is 5.82 Å². The van der Waals surface area contributed by atoms with Gasteiger partial charge in [0.25, 0.3) is 11.5 Å². The first-order valence-corrected chi connectivity index (χ1v) is 14.7. The molecule has 5 rings (SSSR count). The van der Waals surface area contributed by atoms with Crippen LogP contribution in [0.15, 0.2) is 58.1 Å². The molecule has 0 atom stereocenters. The Morgan fingerprint density at radius 2 is 1.80 bits per heavy atom. The maximum Gasteiger partial charge on any atom is 0.253 e. The number of carbonyl (C=O) groups is 1. The number of nitrogens with one attached hydrogen (secondary N) is 2. The number of hydrogen-bond donors (Lipinski definition) is 2. The fourth-order valence-electron chi connectivity index (χ4n) is 4.90. The van der Waals surface area contributed by atoms with Crippen molar-refractivity contribution in [2.24, 2.45) is 0 Å². The Morgan fingerprint density at radius 3 is 2.42 bits per heavy atom. The van der Waals surface area contributed by atoms with Gasteiger partial charge in [-0.25, -0.2) is 4.98 Å². The van der Waals surface area contributed by atoms with Crippen LogP contribution >= 0.6 is 15.9 Å². The quantitative estimate of drug-likeness (QED) is 0.292. The number of anilines is 1. The van der Waals surface area contributed by atoms with E-state index in [4.69, 9.17) is 4.98 Å². The van der Waals surface area contributed by atoms with Crippen molar-refractivity contribution >= 4 is 38.6 Å². The van der Waals surface area contributed by atoms with Crippen molar-refractivity contribution in [1.29, 1.82) is 0 Å². The van der Waals surface area contributed by atoms with Gasteiger partial charge < -0.3 is 24.7 Å². The van der Waals surface area contributed by atoms with Gasteiger partial charge in [-0.2, -0.15) is 0 Å². The molecule has 0 saturated carbocycles. The number of aryl methyl sites for hydroxylation is 1. The second-order valence-electron chi connectivity index (χ2n) is 10.3. The molecular formula is C31H39BrN6O2. The Morgan fingerprint density at radius 1 is 1.07 bits per heavy atom. The zero-order chi connectivity index (χ0) is 29.0. The molecule has 9 heteroatoms. The Labute approximate surface area is 244 Å². The molecule has 1 saturated heterocycles. The molecule has 2 N–H and O–H groups in total. The summed E-state index contributed by atoms with van der Waals surface area (Å²) in [4.78, 5) is 38.0. The molecular weight excluding hydrogens is 568 g/mol. The highest BCUT2D eigenvalue weighted by molar-refractivity contribution is 9.10. The molecule has 1 aliphatic heterocycles. The molecule has 1 fully saturated rings. The SMILES string of the molecule is CC.Cc1ccc(CNC(=O)c2cc(-c3ccc(N4CCN(C)CC4)nc3)cc3c2c(Br)cn3C(C)C)c(=O)[nH]1. The highest BCUT2D eigenvalue weighted by atomic mass is 79.9. The van der Waals surface area contributed by atoms with E-state index in [9.17, 15) is 9.59 Å². The summed E-state index contributed by atoms with van der Waals surface area (Å²) >= 11 is 3.68. The van der Waals surface area contributed by atoms with Crippen molar-refractivity contribution in [3.8, 4) is 11.1 Å². The van der Waals surface area contributed by atoms with E-state index in [1.807, 2.05) is 45.3 Å². The number of halogens is 1. The Hall–Kier alpha value is -3.43. The van der Waals surface area contributed by atoms with E-state index in [0.29, 0.717) is 11.1 Å². The van der Waals surface area contributed by atoms with Crippen LogP contribution in [-0.2, 0) is 6.54 Å². The maximum atomic E-state index is 13.5. The van der Waals surface area contributed by atoms with Gasteiger partial charge in [-0.05, 0) is 79.6 Å². The summed E-state index contributed by atoms with van der Waals surface area (Å²) in [6.07, 6.45) is 3.91. The van der Waals surface area contributed by atoms with Crippen LogP contribution in [0.1, 0.15) is 55.4 Å². The first kappa shape index (κ1) is 29.6. The molecule has 0 aliphatic carbocycles. The highest BCUT2D eigenvalue weighted by Gasteiger charge is 2.20. The van der Waals surface area contributed by atoms with Crippen molar-refractivity contribution in [2.45, 2.75) is 47.2 Å². The predicted molar refractivity (Wildman–Crippen MR) is 167 cm³/mol. The summed E-state index contributed by atoms with van der Waals surface area (Å²) in [5.41, 5.74) is 4.48. The molecule has 4 heterocycles. The van der Waals surface area contributed by atoms with Gasteiger partial charge in [0.05, 0.1) is 11.1 Å². The third-order valence-electron chi connectivity index (χ3n) is 7.17. The number of rotatable bonds is 6. The minimum absolute atomic E-state index is 0.143. The van der Waals surface area contributed by atoms with Gasteiger partial charge in [0.15, 0.2) is 0 Å². The molecule has 0 bridgehead atoms. The number of benzene rings is 1. The molecule has 1 amide bonds. The van der Waals surface area contributed by atoms with Gasteiger partial charge in [-0.3, -0.25) is 9.59 Å². The topological polar surface area (TPSA) is 86.3 Å². The number of piperazine rings is 1. The van der Waals surface area contributed by atoms with Crippen LogP contribution in [0, 0.1) is 6.92 Å². The lowest BCUT2D eigenvalue weighted by Gasteiger charge is -2.33. The smallest absolute Gasteiger partial charge is 0.253 e.